The molecule has 134 valence electrons. The molecule has 0 heterocycles. The fourth-order valence-corrected chi connectivity index (χ4v) is 3.15. The van der Waals surface area contributed by atoms with Gasteiger partial charge in [-0.1, -0.05) is 65.7 Å². The fraction of sp³-hybridized carbons (Fsp3) is 0.0455. The van der Waals surface area contributed by atoms with Crippen LogP contribution in [0.3, 0.4) is 0 Å². The average molecular weight is 398 g/mol. The van der Waals surface area contributed by atoms with Crippen LogP contribution < -0.4 is 4.74 Å². The highest BCUT2D eigenvalue weighted by Gasteiger charge is 2.11. The van der Waals surface area contributed by atoms with Crippen molar-refractivity contribution < 1.29 is 9.13 Å². The van der Waals surface area contributed by atoms with Crippen molar-refractivity contribution in [1.29, 1.82) is 5.26 Å². The Morgan fingerprint density at radius 3 is 2.33 bits per heavy atom. The van der Waals surface area contributed by atoms with Gasteiger partial charge in [0.05, 0.1) is 21.7 Å². The van der Waals surface area contributed by atoms with Gasteiger partial charge in [0.15, 0.2) is 5.75 Å². The van der Waals surface area contributed by atoms with Crippen LogP contribution in [0.4, 0.5) is 4.39 Å². The van der Waals surface area contributed by atoms with Crippen molar-refractivity contribution in [3.05, 3.63) is 99.3 Å². The minimum Gasteiger partial charge on any atom is -0.486 e. The summed E-state index contributed by atoms with van der Waals surface area (Å²) in [5.74, 6) is -0.0297. The number of ether oxygens (including phenoxy) is 1. The van der Waals surface area contributed by atoms with Crippen LogP contribution in [-0.4, -0.2) is 0 Å². The second kappa shape index (κ2) is 8.73. The number of hydrogen-bond donors (Lipinski definition) is 0. The maximum atomic E-state index is 13.4. The van der Waals surface area contributed by atoms with Crippen LogP contribution in [-0.2, 0) is 6.61 Å². The first kappa shape index (κ1) is 19.0. The van der Waals surface area contributed by atoms with E-state index in [1.807, 2.05) is 30.3 Å². The summed E-state index contributed by atoms with van der Waals surface area (Å²) >= 11 is 12.6. The van der Waals surface area contributed by atoms with Gasteiger partial charge >= 0.3 is 0 Å². The lowest BCUT2D eigenvalue weighted by molar-refractivity contribution is 0.306. The quantitative estimate of drug-likeness (QED) is 0.351. The molecule has 0 N–H and O–H groups in total. The molecule has 0 fully saturated rings. The lowest BCUT2D eigenvalue weighted by Gasteiger charge is -2.11. The third-order valence-electron chi connectivity index (χ3n) is 3.81. The Morgan fingerprint density at radius 2 is 1.70 bits per heavy atom. The van der Waals surface area contributed by atoms with Gasteiger partial charge in [-0.25, -0.2) is 4.39 Å². The van der Waals surface area contributed by atoms with E-state index in [9.17, 15) is 9.65 Å². The highest BCUT2D eigenvalue weighted by molar-refractivity contribution is 6.37. The minimum absolute atomic E-state index is 0.305. The maximum absolute atomic E-state index is 13.4. The standard InChI is InChI=1S/C22H14Cl2FNO/c23-20-10-16(9-18(13-26)17-7-4-8-19(25)12-17)11-21(24)22(20)27-14-15-5-2-1-3-6-15/h1-12H,14H2/b18-9-. The van der Waals surface area contributed by atoms with Crippen molar-refractivity contribution in [3.8, 4) is 11.8 Å². The van der Waals surface area contributed by atoms with Crippen molar-refractivity contribution in [2.24, 2.45) is 0 Å². The molecule has 0 radical (unpaired) electrons. The normalized spacial score (nSPS) is 11.1. The average Bonchev–Trinajstić information content (AvgIpc) is 2.66. The molecule has 0 atom stereocenters. The fourth-order valence-electron chi connectivity index (χ4n) is 2.53. The van der Waals surface area contributed by atoms with Gasteiger partial charge in [0, 0.05) is 0 Å². The van der Waals surface area contributed by atoms with Crippen LogP contribution in [0.15, 0.2) is 66.7 Å². The topological polar surface area (TPSA) is 33.0 Å². The molecular formula is C22H14Cl2FNO. The predicted molar refractivity (Wildman–Crippen MR) is 107 cm³/mol. The number of nitriles is 1. The second-order valence-corrected chi connectivity index (χ2v) is 6.58. The zero-order valence-electron chi connectivity index (χ0n) is 14.1. The van der Waals surface area contributed by atoms with E-state index in [0.29, 0.717) is 39.1 Å². The Labute approximate surface area is 167 Å². The first-order chi connectivity index (χ1) is 13.1. The Balaban J connectivity index is 1.86. The Hall–Kier alpha value is -2.80. The van der Waals surface area contributed by atoms with Gasteiger partial charge in [-0.3, -0.25) is 0 Å². The van der Waals surface area contributed by atoms with Crippen molar-refractivity contribution in [2.45, 2.75) is 6.61 Å². The summed E-state index contributed by atoms with van der Waals surface area (Å²) in [5.41, 5.74) is 2.40. The number of rotatable bonds is 5. The molecule has 3 aromatic carbocycles. The molecule has 0 saturated heterocycles. The largest absolute Gasteiger partial charge is 0.486 e. The number of halogens is 3. The highest BCUT2D eigenvalue weighted by Crippen LogP contribution is 2.36. The number of allylic oxidation sites excluding steroid dienone is 1. The van der Waals surface area contributed by atoms with Gasteiger partial charge in [0.1, 0.15) is 12.4 Å². The van der Waals surface area contributed by atoms with E-state index >= 15 is 0 Å². The summed E-state index contributed by atoms with van der Waals surface area (Å²) in [4.78, 5) is 0. The summed E-state index contributed by atoms with van der Waals surface area (Å²) < 4.78 is 19.2. The Bertz CT molecular complexity index is 1000. The highest BCUT2D eigenvalue weighted by atomic mass is 35.5. The van der Waals surface area contributed by atoms with Gasteiger partial charge in [0.2, 0.25) is 0 Å². The molecule has 0 spiro atoms. The van der Waals surface area contributed by atoms with Gasteiger partial charge in [0.25, 0.3) is 0 Å². The van der Waals surface area contributed by atoms with Crippen LogP contribution in [0.1, 0.15) is 16.7 Å². The van der Waals surface area contributed by atoms with Crippen LogP contribution in [0.5, 0.6) is 5.75 Å². The Morgan fingerprint density at radius 1 is 1.00 bits per heavy atom. The lowest BCUT2D eigenvalue weighted by atomic mass is 10.0. The molecule has 5 heteroatoms. The van der Waals surface area contributed by atoms with E-state index in [0.717, 1.165) is 5.56 Å². The SMILES string of the molecule is N#C/C(=C/c1cc(Cl)c(OCc2ccccc2)c(Cl)c1)c1cccc(F)c1. The first-order valence-electron chi connectivity index (χ1n) is 8.10. The number of nitrogens with zero attached hydrogens (tertiary/aromatic N) is 1. The third kappa shape index (κ3) is 4.89. The summed E-state index contributed by atoms with van der Waals surface area (Å²) in [5, 5.41) is 10.1. The van der Waals surface area contributed by atoms with Crippen LogP contribution in [0.2, 0.25) is 10.0 Å². The number of benzene rings is 3. The van der Waals surface area contributed by atoms with E-state index in [2.05, 4.69) is 6.07 Å². The van der Waals surface area contributed by atoms with E-state index < -0.39 is 5.82 Å². The lowest BCUT2D eigenvalue weighted by Crippen LogP contribution is -1.96. The molecule has 0 amide bonds. The van der Waals surface area contributed by atoms with Crippen molar-refractivity contribution in [2.75, 3.05) is 0 Å². The first-order valence-corrected chi connectivity index (χ1v) is 8.86. The Kier molecular flexibility index (Phi) is 6.13. The van der Waals surface area contributed by atoms with Gasteiger partial charge in [-0.15, -0.1) is 0 Å². The smallest absolute Gasteiger partial charge is 0.157 e. The van der Waals surface area contributed by atoms with Crippen molar-refractivity contribution in [1.82, 2.24) is 0 Å². The summed E-state index contributed by atoms with van der Waals surface area (Å²) in [6.45, 7) is 0.336. The van der Waals surface area contributed by atoms with Crippen molar-refractivity contribution >= 4 is 34.9 Å². The molecule has 2 nitrogen and oxygen atoms in total. The minimum atomic E-state index is -0.408. The van der Waals surface area contributed by atoms with Crippen LogP contribution in [0, 0.1) is 17.1 Å². The van der Waals surface area contributed by atoms with Crippen LogP contribution >= 0.6 is 23.2 Å². The zero-order valence-corrected chi connectivity index (χ0v) is 15.6. The molecule has 0 aliphatic heterocycles. The third-order valence-corrected chi connectivity index (χ3v) is 4.38. The van der Waals surface area contributed by atoms with E-state index in [-0.39, 0.29) is 0 Å². The molecule has 3 aromatic rings. The van der Waals surface area contributed by atoms with Gasteiger partial charge in [-0.2, -0.15) is 5.26 Å². The van der Waals surface area contributed by atoms with E-state index in [4.69, 9.17) is 27.9 Å². The monoisotopic (exact) mass is 397 g/mol. The predicted octanol–water partition coefficient (Wildman–Crippen LogP) is 6.78. The molecule has 0 bridgehead atoms. The number of hydrogen-bond acceptors (Lipinski definition) is 2. The van der Waals surface area contributed by atoms with Crippen LogP contribution in [0.25, 0.3) is 11.6 Å². The van der Waals surface area contributed by atoms with E-state index in [1.54, 1.807) is 30.3 Å². The second-order valence-electron chi connectivity index (χ2n) is 5.77. The molecule has 3 rings (SSSR count). The summed E-state index contributed by atoms with van der Waals surface area (Å²) in [7, 11) is 0. The maximum Gasteiger partial charge on any atom is 0.157 e. The molecule has 0 aliphatic carbocycles. The molecule has 27 heavy (non-hydrogen) atoms. The molecular weight excluding hydrogens is 384 g/mol. The molecule has 0 aromatic heterocycles. The van der Waals surface area contributed by atoms with E-state index in [1.165, 1.54) is 12.1 Å². The van der Waals surface area contributed by atoms with Gasteiger partial charge in [-0.05, 0) is 47.0 Å². The molecule has 0 unspecified atom stereocenters. The zero-order chi connectivity index (χ0) is 19.2. The van der Waals surface area contributed by atoms with Gasteiger partial charge < -0.3 is 4.74 Å². The molecule has 0 aliphatic rings. The van der Waals surface area contributed by atoms with Crippen molar-refractivity contribution in [3.63, 3.8) is 0 Å². The summed E-state index contributed by atoms with van der Waals surface area (Å²) in [6.07, 6.45) is 1.60. The summed E-state index contributed by atoms with van der Waals surface area (Å²) in [6, 6.07) is 20.9. The molecule has 0 saturated carbocycles.